The van der Waals surface area contributed by atoms with Crippen LogP contribution in [0.3, 0.4) is 0 Å². The van der Waals surface area contributed by atoms with E-state index in [4.69, 9.17) is 39.8 Å². The van der Waals surface area contributed by atoms with Crippen molar-refractivity contribution in [3.05, 3.63) is 106 Å². The molecular weight excluding hydrogens is 485 g/mol. The second-order valence-corrected chi connectivity index (χ2v) is 9.72. The lowest BCUT2D eigenvalue weighted by Gasteiger charge is -2.26. The molecule has 2 atom stereocenters. The molecule has 1 aliphatic heterocycles. The Morgan fingerprint density at radius 3 is 2.47 bits per heavy atom. The zero-order valence-corrected chi connectivity index (χ0v) is 21.0. The standard InChI is InChI=1S/C27H23Cl2N3OS/c1-16(2)17-9-11-18(12-10-17)32-26(25(31-27(32)34)21-8-3-4-15-30-21)23-14-13-22(33-23)19-6-5-7-20(28)24(19)29/h3-16,25-26H,1-2H3,(H,31,34). The molecule has 0 radical (unpaired) electrons. The number of nitrogens with one attached hydrogen (secondary N) is 1. The van der Waals surface area contributed by atoms with Gasteiger partial charge < -0.3 is 14.6 Å². The molecular formula is C27H23Cl2N3OS. The summed E-state index contributed by atoms with van der Waals surface area (Å²) in [6.45, 7) is 4.37. The van der Waals surface area contributed by atoms with Gasteiger partial charge >= 0.3 is 0 Å². The first-order valence-electron chi connectivity index (χ1n) is 11.1. The van der Waals surface area contributed by atoms with Crippen molar-refractivity contribution in [1.29, 1.82) is 0 Å². The average Bonchev–Trinajstić information content (AvgIpc) is 3.46. The Morgan fingerprint density at radius 2 is 1.76 bits per heavy atom. The summed E-state index contributed by atoms with van der Waals surface area (Å²) in [6, 6.07) is 23.4. The van der Waals surface area contributed by atoms with Gasteiger partial charge in [-0.3, -0.25) is 4.98 Å². The van der Waals surface area contributed by atoms with E-state index in [1.165, 1.54) is 5.56 Å². The SMILES string of the molecule is CC(C)c1ccc(N2C(=S)NC(c3ccccn3)C2c2ccc(-c3cccc(Cl)c3Cl)o2)cc1. The maximum atomic E-state index is 6.46. The predicted molar refractivity (Wildman–Crippen MR) is 143 cm³/mol. The molecule has 0 saturated carbocycles. The van der Waals surface area contributed by atoms with Gasteiger partial charge in [-0.25, -0.2) is 0 Å². The normalized spacial score (nSPS) is 17.9. The van der Waals surface area contributed by atoms with Crippen LogP contribution >= 0.6 is 35.4 Å². The predicted octanol–water partition coefficient (Wildman–Crippen LogP) is 7.95. The van der Waals surface area contributed by atoms with Crippen LogP contribution in [0.4, 0.5) is 5.69 Å². The maximum Gasteiger partial charge on any atom is 0.174 e. The zero-order chi connectivity index (χ0) is 23.8. The third-order valence-corrected chi connectivity index (χ3v) is 7.20. The number of pyridine rings is 1. The van der Waals surface area contributed by atoms with Crippen LogP contribution in [0.15, 0.2) is 83.4 Å². The van der Waals surface area contributed by atoms with Gasteiger partial charge in [0.2, 0.25) is 0 Å². The lowest BCUT2D eigenvalue weighted by atomic mass is 10.0. The quantitative estimate of drug-likeness (QED) is 0.277. The lowest BCUT2D eigenvalue weighted by molar-refractivity contribution is 0.439. The van der Waals surface area contributed by atoms with Crippen molar-refractivity contribution in [2.24, 2.45) is 0 Å². The van der Waals surface area contributed by atoms with Crippen molar-refractivity contribution in [2.45, 2.75) is 31.8 Å². The van der Waals surface area contributed by atoms with E-state index in [1.807, 2.05) is 42.5 Å². The molecule has 7 heteroatoms. The molecule has 1 saturated heterocycles. The summed E-state index contributed by atoms with van der Waals surface area (Å²) in [6.07, 6.45) is 1.79. The molecule has 4 aromatic rings. The first kappa shape index (κ1) is 22.9. The third kappa shape index (κ3) is 4.20. The van der Waals surface area contributed by atoms with E-state index in [1.54, 1.807) is 12.3 Å². The molecule has 5 rings (SSSR count). The van der Waals surface area contributed by atoms with Gasteiger partial charge in [0.15, 0.2) is 5.11 Å². The third-order valence-electron chi connectivity index (χ3n) is 6.07. The highest BCUT2D eigenvalue weighted by Gasteiger charge is 2.42. The fourth-order valence-corrected chi connectivity index (χ4v) is 5.03. The number of hydrogen-bond acceptors (Lipinski definition) is 3. The van der Waals surface area contributed by atoms with E-state index in [0.29, 0.717) is 26.8 Å². The summed E-state index contributed by atoms with van der Waals surface area (Å²) < 4.78 is 6.39. The Hall–Kier alpha value is -2.86. The number of rotatable bonds is 5. The molecule has 2 aromatic heterocycles. The van der Waals surface area contributed by atoms with Gasteiger partial charge in [-0.05, 0) is 72.2 Å². The smallest absolute Gasteiger partial charge is 0.174 e. The summed E-state index contributed by atoms with van der Waals surface area (Å²) >= 11 is 18.5. The molecule has 0 aliphatic carbocycles. The van der Waals surface area contributed by atoms with Gasteiger partial charge in [0.25, 0.3) is 0 Å². The van der Waals surface area contributed by atoms with Crippen LogP contribution in [0.2, 0.25) is 10.0 Å². The van der Waals surface area contributed by atoms with Crippen LogP contribution in [0.1, 0.15) is 48.9 Å². The van der Waals surface area contributed by atoms with Crippen LogP contribution in [0.25, 0.3) is 11.3 Å². The van der Waals surface area contributed by atoms with Gasteiger partial charge in [-0.1, -0.05) is 61.3 Å². The summed E-state index contributed by atoms with van der Waals surface area (Å²) in [5, 5.41) is 5.03. The average molecular weight is 508 g/mol. The second-order valence-electron chi connectivity index (χ2n) is 8.55. The van der Waals surface area contributed by atoms with Crippen LogP contribution < -0.4 is 10.2 Å². The number of anilines is 1. The molecule has 4 nitrogen and oxygen atoms in total. The molecule has 0 amide bonds. The van der Waals surface area contributed by atoms with Crippen molar-refractivity contribution in [3.8, 4) is 11.3 Å². The van der Waals surface area contributed by atoms with Crippen molar-refractivity contribution >= 4 is 46.2 Å². The number of furan rings is 1. The first-order valence-corrected chi connectivity index (χ1v) is 12.2. The molecule has 2 unspecified atom stereocenters. The minimum atomic E-state index is -0.237. The molecule has 1 aliphatic rings. The molecule has 1 N–H and O–H groups in total. The highest BCUT2D eigenvalue weighted by Crippen LogP contribution is 2.44. The summed E-state index contributed by atoms with van der Waals surface area (Å²) in [5.41, 5.74) is 3.89. The maximum absolute atomic E-state index is 6.46. The van der Waals surface area contributed by atoms with Crippen LogP contribution in [0, 0.1) is 0 Å². The fourth-order valence-electron chi connectivity index (χ4n) is 4.29. The topological polar surface area (TPSA) is 41.3 Å². The number of thiocarbonyl (C=S) groups is 1. The molecule has 172 valence electrons. The highest BCUT2D eigenvalue weighted by molar-refractivity contribution is 7.80. The Morgan fingerprint density at radius 1 is 0.971 bits per heavy atom. The lowest BCUT2D eigenvalue weighted by Crippen LogP contribution is -2.29. The molecule has 3 heterocycles. The van der Waals surface area contributed by atoms with Gasteiger partial charge in [-0.15, -0.1) is 0 Å². The van der Waals surface area contributed by atoms with Gasteiger partial charge in [0.1, 0.15) is 17.6 Å². The molecule has 2 aromatic carbocycles. The largest absolute Gasteiger partial charge is 0.459 e. The van der Waals surface area contributed by atoms with Crippen molar-refractivity contribution in [2.75, 3.05) is 4.90 Å². The van der Waals surface area contributed by atoms with Crippen molar-refractivity contribution < 1.29 is 4.42 Å². The molecule has 0 spiro atoms. The van der Waals surface area contributed by atoms with E-state index in [-0.39, 0.29) is 12.1 Å². The Labute approximate surface area is 214 Å². The number of halogens is 2. The van der Waals surface area contributed by atoms with Crippen LogP contribution in [-0.4, -0.2) is 10.1 Å². The monoisotopic (exact) mass is 507 g/mol. The molecule has 0 bridgehead atoms. The van der Waals surface area contributed by atoms with E-state index < -0.39 is 0 Å². The van der Waals surface area contributed by atoms with Gasteiger partial charge in [0, 0.05) is 17.4 Å². The minimum Gasteiger partial charge on any atom is -0.459 e. The first-order chi connectivity index (χ1) is 16.4. The summed E-state index contributed by atoms with van der Waals surface area (Å²) in [7, 11) is 0. The van der Waals surface area contributed by atoms with Crippen molar-refractivity contribution in [1.82, 2.24) is 10.3 Å². The molecule has 34 heavy (non-hydrogen) atoms. The van der Waals surface area contributed by atoms with Crippen LogP contribution in [0.5, 0.6) is 0 Å². The Kier molecular flexibility index (Phi) is 6.34. The zero-order valence-electron chi connectivity index (χ0n) is 18.7. The summed E-state index contributed by atoms with van der Waals surface area (Å²) in [4.78, 5) is 6.70. The van der Waals surface area contributed by atoms with E-state index in [9.17, 15) is 0 Å². The minimum absolute atomic E-state index is 0.188. The Balaban J connectivity index is 1.59. The summed E-state index contributed by atoms with van der Waals surface area (Å²) in [5.74, 6) is 1.85. The molecule has 1 fully saturated rings. The van der Waals surface area contributed by atoms with Crippen molar-refractivity contribution in [3.63, 3.8) is 0 Å². The Bertz CT molecular complexity index is 1320. The van der Waals surface area contributed by atoms with Crippen LogP contribution in [-0.2, 0) is 0 Å². The van der Waals surface area contributed by atoms with Gasteiger partial charge in [-0.2, -0.15) is 0 Å². The second kappa shape index (κ2) is 9.41. The van der Waals surface area contributed by atoms with E-state index in [0.717, 1.165) is 22.7 Å². The number of benzene rings is 2. The number of hydrogen-bond donors (Lipinski definition) is 1. The van der Waals surface area contributed by atoms with E-state index >= 15 is 0 Å². The number of nitrogens with zero attached hydrogens (tertiary/aromatic N) is 2. The number of aromatic nitrogens is 1. The van der Waals surface area contributed by atoms with Gasteiger partial charge in [0.05, 0.1) is 21.8 Å². The highest BCUT2D eigenvalue weighted by atomic mass is 35.5. The van der Waals surface area contributed by atoms with E-state index in [2.05, 4.69) is 53.3 Å². The fraction of sp³-hybridized carbons (Fsp3) is 0.185.